The van der Waals surface area contributed by atoms with Crippen molar-refractivity contribution in [1.29, 1.82) is 0 Å². The summed E-state index contributed by atoms with van der Waals surface area (Å²) in [6, 6.07) is 0. The molecule has 1 N–H and O–H groups in total. The third kappa shape index (κ3) is 7.03. The van der Waals surface area contributed by atoms with Gasteiger partial charge in [-0.25, -0.2) is 0 Å². The average molecular weight is 188 g/mol. The summed E-state index contributed by atoms with van der Waals surface area (Å²) in [6.45, 7) is 6.90. The van der Waals surface area contributed by atoms with Crippen LogP contribution in [0.1, 0.15) is 52.9 Å². The van der Waals surface area contributed by atoms with Crippen molar-refractivity contribution >= 4 is 0 Å². The minimum absolute atomic E-state index is 0.549. The second-order valence-corrected chi connectivity index (χ2v) is 3.56. The molecule has 2 heteroatoms. The van der Waals surface area contributed by atoms with Crippen LogP contribution in [0, 0.1) is 5.92 Å². The Kier molecular flexibility index (Phi) is 8.46. The lowest BCUT2D eigenvalue weighted by atomic mass is 9.96. The van der Waals surface area contributed by atoms with E-state index in [1.165, 1.54) is 19.3 Å². The minimum atomic E-state index is -0.549. The van der Waals surface area contributed by atoms with Crippen LogP contribution in [0.25, 0.3) is 0 Å². The Balaban J connectivity index is 3.56. The van der Waals surface area contributed by atoms with E-state index in [9.17, 15) is 5.11 Å². The van der Waals surface area contributed by atoms with Crippen LogP contribution in [0.3, 0.4) is 0 Å². The summed E-state index contributed by atoms with van der Waals surface area (Å²) >= 11 is 0. The fourth-order valence-electron chi connectivity index (χ4n) is 1.53. The van der Waals surface area contributed by atoms with Gasteiger partial charge in [0.15, 0.2) is 6.29 Å². The molecule has 0 bridgehead atoms. The molecule has 2 unspecified atom stereocenters. The van der Waals surface area contributed by atoms with E-state index in [0.717, 1.165) is 12.8 Å². The third-order valence-electron chi connectivity index (χ3n) is 2.44. The summed E-state index contributed by atoms with van der Waals surface area (Å²) in [5, 5.41) is 9.43. The molecule has 0 fully saturated rings. The molecule has 13 heavy (non-hydrogen) atoms. The molecule has 80 valence electrons. The van der Waals surface area contributed by atoms with Gasteiger partial charge in [-0.05, 0) is 12.8 Å². The average Bonchev–Trinajstić information content (AvgIpc) is 2.12. The first-order chi connectivity index (χ1) is 6.24. The fraction of sp³-hybridized carbons (Fsp3) is 1.00. The topological polar surface area (TPSA) is 29.5 Å². The normalized spacial score (nSPS) is 15.7. The standard InChI is InChI=1S/C11H24O2/c1-4-7-8-10(5-2)9-11(12)13-6-3/h10-12H,4-9H2,1-3H3. The van der Waals surface area contributed by atoms with Crippen LogP contribution in [0.4, 0.5) is 0 Å². The van der Waals surface area contributed by atoms with E-state index in [0.29, 0.717) is 12.5 Å². The monoisotopic (exact) mass is 188 g/mol. The maximum atomic E-state index is 9.43. The van der Waals surface area contributed by atoms with Crippen molar-refractivity contribution in [1.82, 2.24) is 0 Å². The highest BCUT2D eigenvalue weighted by molar-refractivity contribution is 4.59. The lowest BCUT2D eigenvalue weighted by molar-refractivity contribution is -0.107. The van der Waals surface area contributed by atoms with Gasteiger partial charge in [0, 0.05) is 13.0 Å². The largest absolute Gasteiger partial charge is 0.368 e. The third-order valence-corrected chi connectivity index (χ3v) is 2.44. The first-order valence-electron chi connectivity index (χ1n) is 5.54. The first-order valence-corrected chi connectivity index (χ1v) is 5.54. The number of aliphatic hydroxyl groups excluding tert-OH is 1. The molecule has 0 saturated heterocycles. The van der Waals surface area contributed by atoms with Gasteiger partial charge in [0.05, 0.1) is 0 Å². The van der Waals surface area contributed by atoms with Crippen molar-refractivity contribution in [3.8, 4) is 0 Å². The van der Waals surface area contributed by atoms with Crippen LogP contribution >= 0.6 is 0 Å². The Hall–Kier alpha value is -0.0800. The summed E-state index contributed by atoms with van der Waals surface area (Å²) in [4.78, 5) is 0. The molecule has 0 heterocycles. The van der Waals surface area contributed by atoms with Crippen LogP contribution in [-0.2, 0) is 4.74 Å². The van der Waals surface area contributed by atoms with E-state index >= 15 is 0 Å². The maximum absolute atomic E-state index is 9.43. The molecule has 0 rings (SSSR count). The number of hydrogen-bond acceptors (Lipinski definition) is 2. The summed E-state index contributed by atoms with van der Waals surface area (Å²) in [6.07, 6.45) is 5.11. The van der Waals surface area contributed by atoms with Crippen molar-refractivity contribution in [2.75, 3.05) is 6.61 Å². The van der Waals surface area contributed by atoms with Crippen molar-refractivity contribution in [3.63, 3.8) is 0 Å². The molecule has 0 amide bonds. The molecule has 0 aliphatic rings. The molecular formula is C11H24O2. The van der Waals surface area contributed by atoms with Gasteiger partial charge in [-0.2, -0.15) is 0 Å². The van der Waals surface area contributed by atoms with Crippen LogP contribution in [-0.4, -0.2) is 18.0 Å². The number of hydrogen-bond donors (Lipinski definition) is 1. The molecule has 2 atom stereocenters. The zero-order valence-corrected chi connectivity index (χ0v) is 9.25. The Labute approximate surface area is 82.3 Å². The number of unbranched alkanes of at least 4 members (excludes halogenated alkanes) is 1. The second kappa shape index (κ2) is 8.52. The SMILES string of the molecule is CCCCC(CC)CC(O)OCC. The molecule has 0 aliphatic heterocycles. The highest BCUT2D eigenvalue weighted by Crippen LogP contribution is 2.18. The number of aliphatic hydroxyl groups is 1. The van der Waals surface area contributed by atoms with Crippen molar-refractivity contribution in [2.45, 2.75) is 59.2 Å². The quantitative estimate of drug-likeness (QED) is 0.593. The Morgan fingerprint density at radius 3 is 2.38 bits per heavy atom. The number of rotatable bonds is 8. The van der Waals surface area contributed by atoms with Crippen LogP contribution in [0.5, 0.6) is 0 Å². The second-order valence-electron chi connectivity index (χ2n) is 3.56. The van der Waals surface area contributed by atoms with E-state index in [1.54, 1.807) is 0 Å². The molecule has 0 radical (unpaired) electrons. The van der Waals surface area contributed by atoms with Gasteiger partial charge in [-0.1, -0.05) is 39.5 Å². The summed E-state index contributed by atoms with van der Waals surface area (Å²) in [5.41, 5.74) is 0. The molecule has 0 aromatic rings. The molecule has 0 spiro atoms. The van der Waals surface area contributed by atoms with Gasteiger partial charge >= 0.3 is 0 Å². The minimum Gasteiger partial charge on any atom is -0.368 e. The van der Waals surface area contributed by atoms with E-state index in [1.807, 2.05) is 6.92 Å². The van der Waals surface area contributed by atoms with Gasteiger partial charge in [0.2, 0.25) is 0 Å². The highest BCUT2D eigenvalue weighted by Gasteiger charge is 2.11. The Bertz CT molecular complexity index is 104. The predicted octanol–water partition coefficient (Wildman–Crippen LogP) is 2.95. The Morgan fingerprint density at radius 1 is 1.23 bits per heavy atom. The van der Waals surface area contributed by atoms with Gasteiger partial charge in [-0.15, -0.1) is 0 Å². The van der Waals surface area contributed by atoms with Crippen molar-refractivity contribution in [3.05, 3.63) is 0 Å². The highest BCUT2D eigenvalue weighted by atomic mass is 16.6. The van der Waals surface area contributed by atoms with E-state index in [2.05, 4.69) is 13.8 Å². The first kappa shape index (κ1) is 12.9. The fourth-order valence-corrected chi connectivity index (χ4v) is 1.53. The predicted molar refractivity (Wildman–Crippen MR) is 55.6 cm³/mol. The number of ether oxygens (including phenoxy) is 1. The van der Waals surface area contributed by atoms with E-state index in [4.69, 9.17) is 4.74 Å². The molecule has 0 aliphatic carbocycles. The Morgan fingerprint density at radius 2 is 1.92 bits per heavy atom. The van der Waals surface area contributed by atoms with Crippen LogP contribution < -0.4 is 0 Å². The van der Waals surface area contributed by atoms with Gasteiger partial charge in [0.1, 0.15) is 0 Å². The zero-order chi connectivity index (χ0) is 10.1. The van der Waals surface area contributed by atoms with Crippen LogP contribution in [0.2, 0.25) is 0 Å². The lowest BCUT2D eigenvalue weighted by Gasteiger charge is -2.18. The molecule has 2 nitrogen and oxygen atoms in total. The molecular weight excluding hydrogens is 164 g/mol. The van der Waals surface area contributed by atoms with Gasteiger partial charge in [0.25, 0.3) is 0 Å². The summed E-state index contributed by atoms with van der Waals surface area (Å²) in [5.74, 6) is 0.626. The van der Waals surface area contributed by atoms with E-state index < -0.39 is 6.29 Å². The molecule has 0 aromatic carbocycles. The molecule has 0 saturated carbocycles. The smallest absolute Gasteiger partial charge is 0.154 e. The molecule has 0 aromatic heterocycles. The van der Waals surface area contributed by atoms with Crippen molar-refractivity contribution in [2.24, 2.45) is 5.92 Å². The summed E-state index contributed by atoms with van der Waals surface area (Å²) in [7, 11) is 0. The summed E-state index contributed by atoms with van der Waals surface area (Å²) < 4.78 is 5.11. The van der Waals surface area contributed by atoms with Crippen LogP contribution in [0.15, 0.2) is 0 Å². The van der Waals surface area contributed by atoms with Gasteiger partial charge < -0.3 is 9.84 Å². The van der Waals surface area contributed by atoms with Gasteiger partial charge in [-0.3, -0.25) is 0 Å². The van der Waals surface area contributed by atoms with E-state index in [-0.39, 0.29) is 0 Å². The maximum Gasteiger partial charge on any atom is 0.154 e. The van der Waals surface area contributed by atoms with Crippen molar-refractivity contribution < 1.29 is 9.84 Å². The zero-order valence-electron chi connectivity index (χ0n) is 9.25. The lowest BCUT2D eigenvalue weighted by Crippen LogP contribution is -2.16.